The summed E-state index contributed by atoms with van der Waals surface area (Å²) in [6.45, 7) is 6.17. The molecule has 0 aliphatic carbocycles. The maximum absolute atomic E-state index is 12.8. The van der Waals surface area contributed by atoms with E-state index >= 15 is 0 Å². The molecule has 2 nitrogen and oxygen atoms in total. The lowest BCUT2D eigenvalue weighted by Gasteiger charge is -2.06. The molecule has 3 heteroatoms. The highest BCUT2D eigenvalue weighted by Gasteiger charge is 1.96. The highest BCUT2D eigenvalue weighted by molar-refractivity contribution is 5.09. The van der Waals surface area contributed by atoms with Gasteiger partial charge in [-0.15, -0.1) is 0 Å². The van der Waals surface area contributed by atoms with Crippen LogP contribution in [0, 0.1) is 11.7 Å². The minimum atomic E-state index is -0.265. The summed E-state index contributed by atoms with van der Waals surface area (Å²) < 4.78 is 12.8. The molecular formula is C13H21FN2. The third-order valence-corrected chi connectivity index (χ3v) is 2.48. The van der Waals surface area contributed by atoms with Gasteiger partial charge in [-0.2, -0.15) is 0 Å². The van der Waals surface area contributed by atoms with Gasteiger partial charge in [0.05, 0.1) is 6.20 Å². The fourth-order valence-electron chi connectivity index (χ4n) is 1.59. The number of hydrogen-bond acceptors (Lipinski definition) is 2. The van der Waals surface area contributed by atoms with E-state index in [1.54, 1.807) is 6.20 Å². The first-order valence-corrected chi connectivity index (χ1v) is 5.98. The molecule has 90 valence electrons. The molecule has 1 heterocycles. The zero-order chi connectivity index (χ0) is 11.8. The van der Waals surface area contributed by atoms with Crippen LogP contribution in [0.25, 0.3) is 0 Å². The number of aromatic nitrogens is 1. The molecule has 0 aliphatic heterocycles. The molecular weight excluding hydrogens is 203 g/mol. The lowest BCUT2D eigenvalue weighted by atomic mass is 10.1. The lowest BCUT2D eigenvalue weighted by Crippen LogP contribution is -2.15. The molecule has 0 fully saturated rings. The summed E-state index contributed by atoms with van der Waals surface area (Å²) in [6, 6.07) is 1.52. The lowest BCUT2D eigenvalue weighted by molar-refractivity contribution is 0.520. The maximum atomic E-state index is 12.8. The predicted molar refractivity (Wildman–Crippen MR) is 64.6 cm³/mol. The minimum Gasteiger partial charge on any atom is -0.313 e. The van der Waals surface area contributed by atoms with Gasteiger partial charge in [-0.1, -0.05) is 26.7 Å². The average molecular weight is 224 g/mol. The molecule has 0 aromatic carbocycles. The number of pyridine rings is 1. The highest BCUT2D eigenvalue weighted by atomic mass is 19.1. The fourth-order valence-corrected chi connectivity index (χ4v) is 1.59. The van der Waals surface area contributed by atoms with Gasteiger partial charge in [0.15, 0.2) is 0 Å². The number of halogens is 1. The van der Waals surface area contributed by atoms with Crippen LogP contribution in [0.1, 0.15) is 38.7 Å². The van der Waals surface area contributed by atoms with Crippen LogP contribution >= 0.6 is 0 Å². The van der Waals surface area contributed by atoms with Crippen molar-refractivity contribution in [3.05, 3.63) is 29.8 Å². The zero-order valence-electron chi connectivity index (χ0n) is 10.2. The van der Waals surface area contributed by atoms with E-state index in [0.29, 0.717) is 6.54 Å². The molecule has 0 saturated heterocycles. The third-order valence-electron chi connectivity index (χ3n) is 2.48. The van der Waals surface area contributed by atoms with E-state index < -0.39 is 0 Å². The molecule has 0 saturated carbocycles. The van der Waals surface area contributed by atoms with Gasteiger partial charge >= 0.3 is 0 Å². The predicted octanol–water partition coefficient (Wildman–Crippen LogP) is 3.14. The van der Waals surface area contributed by atoms with Crippen molar-refractivity contribution >= 4 is 0 Å². The van der Waals surface area contributed by atoms with E-state index in [4.69, 9.17) is 0 Å². The summed E-state index contributed by atoms with van der Waals surface area (Å²) in [5.41, 5.74) is 0.906. The van der Waals surface area contributed by atoms with Crippen LogP contribution in [0.3, 0.4) is 0 Å². The van der Waals surface area contributed by atoms with E-state index in [0.717, 1.165) is 18.0 Å². The van der Waals surface area contributed by atoms with Gasteiger partial charge < -0.3 is 5.32 Å². The van der Waals surface area contributed by atoms with Crippen LogP contribution in [-0.4, -0.2) is 11.5 Å². The summed E-state index contributed by atoms with van der Waals surface area (Å²) in [7, 11) is 0. The Balaban J connectivity index is 2.07. The van der Waals surface area contributed by atoms with Crippen LogP contribution in [0.2, 0.25) is 0 Å². The smallest absolute Gasteiger partial charge is 0.141 e. The van der Waals surface area contributed by atoms with Gasteiger partial charge in [0.2, 0.25) is 0 Å². The van der Waals surface area contributed by atoms with Gasteiger partial charge in [-0.3, -0.25) is 4.98 Å². The van der Waals surface area contributed by atoms with Gasteiger partial charge in [0.1, 0.15) is 5.82 Å². The monoisotopic (exact) mass is 224 g/mol. The molecule has 0 radical (unpaired) electrons. The van der Waals surface area contributed by atoms with Crippen LogP contribution in [-0.2, 0) is 6.54 Å². The molecule has 1 aromatic heterocycles. The maximum Gasteiger partial charge on any atom is 0.141 e. The summed E-state index contributed by atoms with van der Waals surface area (Å²) in [4.78, 5) is 3.81. The van der Waals surface area contributed by atoms with Gasteiger partial charge in [-0.25, -0.2) is 4.39 Å². The van der Waals surface area contributed by atoms with Gasteiger partial charge in [-0.05, 0) is 30.5 Å². The molecule has 0 atom stereocenters. The van der Waals surface area contributed by atoms with Crippen molar-refractivity contribution < 1.29 is 4.39 Å². The topological polar surface area (TPSA) is 24.9 Å². The Bertz CT molecular complexity index is 300. The second kappa shape index (κ2) is 7.34. The SMILES string of the molecule is CC(C)CCCCNCc1cncc(F)c1. The quantitative estimate of drug-likeness (QED) is 0.720. The van der Waals surface area contributed by atoms with E-state index in [1.165, 1.54) is 31.5 Å². The Kier molecular flexibility index (Phi) is 6.01. The molecule has 1 N–H and O–H groups in total. The number of hydrogen-bond donors (Lipinski definition) is 1. The highest BCUT2D eigenvalue weighted by Crippen LogP contribution is 2.05. The van der Waals surface area contributed by atoms with E-state index in [-0.39, 0.29) is 5.82 Å². The molecule has 0 spiro atoms. The van der Waals surface area contributed by atoms with Gasteiger partial charge in [0, 0.05) is 12.7 Å². The number of nitrogens with zero attached hydrogens (tertiary/aromatic N) is 1. The summed E-state index contributed by atoms with van der Waals surface area (Å²) in [6.07, 6.45) is 6.65. The first-order chi connectivity index (χ1) is 7.68. The normalized spacial score (nSPS) is 11.0. The Morgan fingerprint density at radius 3 is 2.81 bits per heavy atom. The first-order valence-electron chi connectivity index (χ1n) is 5.98. The molecule has 1 rings (SSSR count). The van der Waals surface area contributed by atoms with E-state index in [9.17, 15) is 4.39 Å². The summed E-state index contributed by atoms with van der Waals surface area (Å²) >= 11 is 0. The molecule has 0 amide bonds. The summed E-state index contributed by atoms with van der Waals surface area (Å²) in [5.74, 6) is 0.520. The van der Waals surface area contributed by atoms with Crippen molar-refractivity contribution in [3.8, 4) is 0 Å². The van der Waals surface area contributed by atoms with Crippen molar-refractivity contribution in [2.75, 3.05) is 6.54 Å². The Morgan fingerprint density at radius 2 is 2.12 bits per heavy atom. The van der Waals surface area contributed by atoms with Crippen molar-refractivity contribution in [1.82, 2.24) is 10.3 Å². The number of unbranched alkanes of at least 4 members (excludes halogenated alkanes) is 1. The summed E-state index contributed by atoms with van der Waals surface area (Å²) in [5, 5.41) is 3.30. The van der Waals surface area contributed by atoms with Crippen LogP contribution in [0.15, 0.2) is 18.5 Å². The van der Waals surface area contributed by atoms with Crippen LogP contribution < -0.4 is 5.32 Å². The average Bonchev–Trinajstić information content (AvgIpc) is 2.23. The fraction of sp³-hybridized carbons (Fsp3) is 0.615. The molecule has 0 aliphatic rings. The molecule has 16 heavy (non-hydrogen) atoms. The molecule has 1 aromatic rings. The largest absolute Gasteiger partial charge is 0.313 e. The number of nitrogens with one attached hydrogen (secondary N) is 1. The number of rotatable bonds is 7. The first kappa shape index (κ1) is 13.1. The molecule has 0 bridgehead atoms. The standard InChI is InChI=1S/C13H21FN2/c1-11(2)5-3-4-6-15-8-12-7-13(14)10-16-9-12/h7,9-11,15H,3-6,8H2,1-2H3. The van der Waals surface area contributed by atoms with Crippen molar-refractivity contribution in [3.63, 3.8) is 0 Å². The Hall–Kier alpha value is -0.960. The van der Waals surface area contributed by atoms with Crippen LogP contribution in [0.4, 0.5) is 4.39 Å². The second-order valence-corrected chi connectivity index (χ2v) is 4.58. The molecule has 0 unspecified atom stereocenters. The Morgan fingerprint density at radius 1 is 1.31 bits per heavy atom. The van der Waals surface area contributed by atoms with Crippen molar-refractivity contribution in [2.45, 2.75) is 39.7 Å². The Labute approximate surface area is 97.3 Å². The van der Waals surface area contributed by atoms with Crippen molar-refractivity contribution in [2.24, 2.45) is 5.92 Å². The second-order valence-electron chi connectivity index (χ2n) is 4.58. The van der Waals surface area contributed by atoms with Gasteiger partial charge in [0.25, 0.3) is 0 Å². The minimum absolute atomic E-state index is 0.265. The van der Waals surface area contributed by atoms with Crippen LogP contribution in [0.5, 0.6) is 0 Å². The van der Waals surface area contributed by atoms with E-state index in [1.807, 2.05) is 0 Å². The van der Waals surface area contributed by atoms with E-state index in [2.05, 4.69) is 24.1 Å². The third kappa shape index (κ3) is 5.81. The van der Waals surface area contributed by atoms with Crippen molar-refractivity contribution in [1.29, 1.82) is 0 Å². The zero-order valence-corrected chi connectivity index (χ0v) is 10.2.